The Morgan fingerprint density at radius 2 is 0.906 bits per heavy atom. The smallest absolute Gasteiger partial charge is 0.305 e. The quantitative estimate of drug-likeness (QED) is 0.0434. The van der Waals surface area contributed by atoms with E-state index in [-0.39, 0.29) is 43.2 Å². The summed E-state index contributed by atoms with van der Waals surface area (Å²) in [5.41, 5.74) is 11.2. The van der Waals surface area contributed by atoms with Crippen molar-refractivity contribution in [1.29, 1.82) is 0 Å². The summed E-state index contributed by atoms with van der Waals surface area (Å²) in [7, 11) is 1.42. The zero-order valence-corrected chi connectivity index (χ0v) is 40.9. The van der Waals surface area contributed by atoms with E-state index in [0.717, 1.165) is 73.8 Å². The second-order valence-corrected chi connectivity index (χ2v) is 17.6. The minimum atomic E-state index is -0.884. The van der Waals surface area contributed by atoms with E-state index in [1.54, 1.807) is 0 Å². The third-order valence-electron chi connectivity index (χ3n) is 13.9. The van der Waals surface area contributed by atoms with Gasteiger partial charge in [-0.2, -0.15) is 0 Å². The fourth-order valence-corrected chi connectivity index (χ4v) is 9.02. The molecule has 2 atom stereocenters. The van der Waals surface area contributed by atoms with Crippen LogP contribution in [0.25, 0.3) is 0 Å². The summed E-state index contributed by atoms with van der Waals surface area (Å²) in [6.45, 7) is 20.8. The summed E-state index contributed by atoms with van der Waals surface area (Å²) in [6, 6.07) is 25.9. The number of methoxy groups -OCH3 is 1. The van der Waals surface area contributed by atoms with Crippen LogP contribution in [0.3, 0.4) is 0 Å². The molecule has 5 N–H and O–H groups in total. The van der Waals surface area contributed by atoms with Crippen LogP contribution in [0, 0.1) is 27.7 Å². The molecule has 0 aliphatic carbocycles. The predicted molar refractivity (Wildman–Crippen MR) is 259 cm³/mol. The van der Waals surface area contributed by atoms with Crippen molar-refractivity contribution in [2.45, 2.75) is 162 Å². The number of carbonyl (C=O) groups excluding carboxylic acids is 1. The number of rotatable bonds is 24. The van der Waals surface area contributed by atoms with Crippen molar-refractivity contribution in [2.75, 3.05) is 33.5 Å². The van der Waals surface area contributed by atoms with Gasteiger partial charge >= 0.3 is 5.97 Å². The fraction of sp³-hybridized carbons (Fsp3) is 0.545. The van der Waals surface area contributed by atoms with Gasteiger partial charge in [-0.05, 0) is 153 Å². The molecule has 4 aromatic carbocycles. The number of ether oxygens (including phenoxy) is 3. The summed E-state index contributed by atoms with van der Waals surface area (Å²) in [4.78, 5) is 11.5. The third kappa shape index (κ3) is 13.6. The van der Waals surface area contributed by atoms with Crippen molar-refractivity contribution >= 4 is 5.97 Å². The van der Waals surface area contributed by atoms with E-state index in [9.17, 15) is 20.1 Å². The second kappa shape index (κ2) is 25.4. The molecule has 0 saturated heterocycles. The number of aliphatic hydroxyl groups excluding tert-OH is 4. The molecule has 0 amide bonds. The first-order valence-corrected chi connectivity index (χ1v) is 23.5. The van der Waals surface area contributed by atoms with E-state index >= 15 is 0 Å². The lowest BCUT2D eigenvalue weighted by molar-refractivity contribution is -0.140. The van der Waals surface area contributed by atoms with Gasteiger partial charge in [-0.3, -0.25) is 4.79 Å². The van der Waals surface area contributed by atoms with Crippen LogP contribution in [-0.2, 0) is 33.2 Å². The van der Waals surface area contributed by atoms with Crippen LogP contribution in [0.5, 0.6) is 11.5 Å². The molecule has 0 aliphatic rings. The number of aryl methyl sites for hydroxylation is 6. The molecule has 0 saturated carbocycles. The van der Waals surface area contributed by atoms with Crippen LogP contribution >= 0.6 is 0 Å². The van der Waals surface area contributed by atoms with Crippen molar-refractivity contribution in [3.05, 3.63) is 128 Å². The van der Waals surface area contributed by atoms with E-state index < -0.39 is 17.8 Å². The van der Waals surface area contributed by atoms with Crippen molar-refractivity contribution in [1.82, 2.24) is 0 Å². The summed E-state index contributed by atoms with van der Waals surface area (Å²) >= 11 is 0. The average molecular weight is 885 g/mol. The molecule has 0 bridgehead atoms. The van der Waals surface area contributed by atoms with Crippen LogP contribution in [0.15, 0.2) is 72.8 Å². The highest BCUT2D eigenvalue weighted by molar-refractivity contribution is 5.69. The molecular formula is C55H80O9. The Kier molecular flexibility index (Phi) is 21.5. The van der Waals surface area contributed by atoms with Gasteiger partial charge < -0.3 is 39.7 Å². The summed E-state index contributed by atoms with van der Waals surface area (Å²) < 4.78 is 16.1. The number of hydrogen-bond acceptors (Lipinski definition) is 9. The maximum absolute atomic E-state index is 11.5. The van der Waals surface area contributed by atoms with Crippen molar-refractivity contribution in [3.63, 3.8) is 0 Å². The van der Waals surface area contributed by atoms with E-state index in [1.807, 2.05) is 26.0 Å². The molecule has 64 heavy (non-hydrogen) atoms. The van der Waals surface area contributed by atoms with E-state index in [1.165, 1.54) is 46.1 Å². The van der Waals surface area contributed by atoms with Gasteiger partial charge in [0.15, 0.2) is 0 Å². The first kappa shape index (κ1) is 54.1. The van der Waals surface area contributed by atoms with Crippen LogP contribution < -0.4 is 9.47 Å². The standard InChI is InChI=1S/C29H44O4.C26H36O5/c1-7-28(32,8-2)16-15-23-11-12-24(17-21(23)5)29(9-3,10-4)25-13-14-27(22(6)18-25)33-20-26(31)19-30;1-6-26(7-2,21-10-8-20(18(3)14-21)9-13-25(29)30-5)22-11-12-24(19(4)15-22)31-17-23(28)16-27/h11-14,17-18,26,30-32H,7-10,15-16,19-20H2,1-6H3;8,10-12,14-15,23,27-28H,6-7,9,13,16-17H2,1-5H3/t26-;23-/m00/s1. The van der Waals surface area contributed by atoms with Gasteiger partial charge in [-0.25, -0.2) is 0 Å². The Labute approximate surface area is 384 Å². The Bertz CT molecular complexity index is 2040. The zero-order valence-electron chi connectivity index (χ0n) is 40.9. The largest absolute Gasteiger partial charge is 0.491 e. The average Bonchev–Trinajstić information content (AvgIpc) is 3.31. The number of benzene rings is 4. The molecule has 0 heterocycles. The molecule has 9 nitrogen and oxygen atoms in total. The molecule has 4 rings (SSSR count). The van der Waals surface area contributed by atoms with Crippen molar-refractivity contribution in [2.24, 2.45) is 0 Å². The van der Waals surface area contributed by atoms with Gasteiger partial charge in [0.25, 0.3) is 0 Å². The van der Waals surface area contributed by atoms with Gasteiger partial charge in [0, 0.05) is 17.3 Å². The van der Waals surface area contributed by atoms with E-state index in [4.69, 9.17) is 24.4 Å². The Balaban J connectivity index is 0.000000341. The lowest BCUT2D eigenvalue weighted by Crippen LogP contribution is -2.28. The summed E-state index contributed by atoms with van der Waals surface area (Å²) in [6.07, 6.45) is 6.42. The Morgan fingerprint density at radius 1 is 0.547 bits per heavy atom. The normalized spacial score (nSPS) is 12.9. The minimum Gasteiger partial charge on any atom is -0.491 e. The molecule has 0 radical (unpaired) electrons. The third-order valence-corrected chi connectivity index (χ3v) is 13.9. The maximum Gasteiger partial charge on any atom is 0.305 e. The van der Waals surface area contributed by atoms with Gasteiger partial charge in [-0.1, -0.05) is 102 Å². The minimum absolute atomic E-state index is 0.0651. The SMILES string of the molecule is CCC(CC)(c1ccc(CCC(=O)OC)c(C)c1)c1ccc(OC[C@@H](O)CO)c(C)c1.CCC(O)(CC)CCc1ccc(C(CC)(CC)c2ccc(OC[C@@H](O)CO)c(C)c2)cc1C. The number of esters is 1. The molecular weight excluding hydrogens is 805 g/mol. The summed E-state index contributed by atoms with van der Waals surface area (Å²) in [5, 5.41) is 47.8. The molecule has 0 aromatic heterocycles. The lowest BCUT2D eigenvalue weighted by atomic mass is 9.69. The molecule has 0 unspecified atom stereocenters. The van der Waals surface area contributed by atoms with Crippen LogP contribution in [0.2, 0.25) is 0 Å². The number of carbonyl (C=O) groups is 1. The highest BCUT2D eigenvalue weighted by Gasteiger charge is 2.33. The number of aliphatic hydroxyl groups is 5. The van der Waals surface area contributed by atoms with Crippen LogP contribution in [0.4, 0.5) is 0 Å². The lowest BCUT2D eigenvalue weighted by Gasteiger charge is -2.34. The molecule has 0 aliphatic heterocycles. The monoisotopic (exact) mass is 885 g/mol. The predicted octanol–water partition coefficient (Wildman–Crippen LogP) is 9.87. The Hall–Kier alpha value is -4.25. The maximum atomic E-state index is 11.5. The van der Waals surface area contributed by atoms with Crippen molar-refractivity contribution < 1.29 is 44.5 Å². The topological polar surface area (TPSA) is 146 Å². The molecule has 0 fully saturated rings. The van der Waals surface area contributed by atoms with Crippen LogP contribution in [-0.4, -0.2) is 82.8 Å². The highest BCUT2D eigenvalue weighted by Crippen LogP contribution is 2.42. The highest BCUT2D eigenvalue weighted by atomic mass is 16.5. The van der Waals surface area contributed by atoms with Gasteiger partial charge in [0.1, 0.15) is 36.9 Å². The molecule has 4 aromatic rings. The number of hydrogen-bond donors (Lipinski definition) is 5. The zero-order chi connectivity index (χ0) is 47.7. The van der Waals surface area contributed by atoms with Gasteiger partial charge in [0.2, 0.25) is 0 Å². The summed E-state index contributed by atoms with van der Waals surface area (Å²) in [5.74, 6) is 1.26. The molecule has 9 heteroatoms. The van der Waals surface area contributed by atoms with Crippen molar-refractivity contribution in [3.8, 4) is 11.5 Å². The molecule has 354 valence electrons. The molecule has 0 spiro atoms. The second-order valence-electron chi connectivity index (χ2n) is 17.6. The van der Waals surface area contributed by atoms with E-state index in [0.29, 0.717) is 18.6 Å². The first-order valence-electron chi connectivity index (χ1n) is 23.5. The first-order chi connectivity index (χ1) is 30.5. The van der Waals surface area contributed by atoms with Gasteiger partial charge in [0.05, 0.1) is 25.9 Å². The van der Waals surface area contributed by atoms with E-state index in [2.05, 4.69) is 116 Å². The Morgan fingerprint density at radius 3 is 1.22 bits per heavy atom. The van der Waals surface area contributed by atoms with Crippen LogP contribution in [0.1, 0.15) is 149 Å². The van der Waals surface area contributed by atoms with Gasteiger partial charge in [-0.15, -0.1) is 0 Å². The fourth-order valence-electron chi connectivity index (χ4n) is 9.02.